The van der Waals surface area contributed by atoms with Crippen LogP contribution in [0, 0.1) is 0 Å². The molecule has 0 aromatic carbocycles. The van der Waals surface area contributed by atoms with Crippen LogP contribution >= 0.6 is 0 Å². The summed E-state index contributed by atoms with van der Waals surface area (Å²) in [5, 5.41) is 25.7. The van der Waals surface area contributed by atoms with Crippen LogP contribution in [0.2, 0.25) is 0 Å². The van der Waals surface area contributed by atoms with E-state index in [9.17, 15) is 19.5 Å². The Morgan fingerprint density at radius 3 is 1.24 bits per heavy atom. The van der Waals surface area contributed by atoms with Gasteiger partial charge >= 0.3 is 41.5 Å². The molecule has 0 unspecified atom stereocenters. The van der Waals surface area contributed by atoms with Gasteiger partial charge in [-0.25, -0.2) is 4.79 Å². The number of aliphatic carboxylic acids is 3. The molecule has 0 amide bonds. The molecule has 0 aliphatic carbocycles. The van der Waals surface area contributed by atoms with Gasteiger partial charge in [-0.2, -0.15) is 0 Å². The van der Waals surface area contributed by atoms with Crippen molar-refractivity contribution in [3.05, 3.63) is 12.2 Å². The van der Waals surface area contributed by atoms with Crippen molar-refractivity contribution in [3.8, 4) is 0 Å². The van der Waals surface area contributed by atoms with Gasteiger partial charge in [0.25, 0.3) is 0 Å². The SMILES string of the molecule is CCCCCCCCCCCCCCCCCC(=O)O.O=C([O-])/C=C/C(=O)O.[Na+]. The van der Waals surface area contributed by atoms with E-state index in [1.54, 1.807) is 0 Å². The first-order chi connectivity index (χ1) is 13.4. The molecule has 29 heavy (non-hydrogen) atoms. The van der Waals surface area contributed by atoms with Crippen molar-refractivity contribution in [2.45, 2.75) is 110 Å². The minimum Gasteiger partial charge on any atom is -0.545 e. The van der Waals surface area contributed by atoms with Gasteiger partial charge in [-0.3, -0.25) is 4.79 Å². The Morgan fingerprint density at radius 2 is 1.00 bits per heavy atom. The molecule has 0 bridgehead atoms. The maximum absolute atomic E-state index is 10.3. The largest absolute Gasteiger partial charge is 1.00 e. The van der Waals surface area contributed by atoms with E-state index in [0.717, 1.165) is 12.8 Å². The van der Waals surface area contributed by atoms with Crippen molar-refractivity contribution >= 4 is 17.9 Å². The van der Waals surface area contributed by atoms with Crippen molar-refractivity contribution < 1.29 is 59.3 Å². The average Bonchev–Trinajstić information content (AvgIpc) is 2.63. The average molecular weight is 423 g/mol. The molecule has 0 rings (SSSR count). The summed E-state index contributed by atoms with van der Waals surface area (Å²) < 4.78 is 0. The number of rotatable bonds is 18. The van der Waals surface area contributed by atoms with E-state index in [2.05, 4.69) is 6.92 Å². The molecule has 0 atom stereocenters. The molecule has 0 fully saturated rings. The zero-order chi connectivity index (χ0) is 21.5. The molecule has 0 saturated carbocycles. The first-order valence-corrected chi connectivity index (χ1v) is 10.7. The molecule has 0 aromatic rings. The number of unbranched alkanes of at least 4 members (excludes halogenated alkanes) is 14. The van der Waals surface area contributed by atoms with Crippen LogP contribution in [0.4, 0.5) is 0 Å². The van der Waals surface area contributed by atoms with Crippen LogP contribution in [0.15, 0.2) is 12.2 Å². The van der Waals surface area contributed by atoms with Crippen molar-refractivity contribution in [2.24, 2.45) is 0 Å². The number of carbonyl (C=O) groups excluding carboxylic acids is 1. The topological polar surface area (TPSA) is 115 Å². The van der Waals surface area contributed by atoms with Crippen LogP contribution in [0.3, 0.4) is 0 Å². The zero-order valence-electron chi connectivity index (χ0n) is 18.5. The third-order valence-corrected chi connectivity index (χ3v) is 4.36. The molecule has 164 valence electrons. The summed E-state index contributed by atoms with van der Waals surface area (Å²) in [6.07, 6.45) is 21.1. The summed E-state index contributed by atoms with van der Waals surface area (Å²) in [6, 6.07) is 0. The Bertz CT molecular complexity index is 408. The van der Waals surface area contributed by atoms with Crippen LogP contribution in [0.1, 0.15) is 110 Å². The molecule has 2 N–H and O–H groups in total. The summed E-state index contributed by atoms with van der Waals surface area (Å²) in [4.78, 5) is 29.3. The number of carbonyl (C=O) groups is 3. The van der Waals surface area contributed by atoms with Crippen LogP contribution in [0.25, 0.3) is 0 Å². The fraction of sp³-hybridized carbons (Fsp3) is 0.773. The molecule has 7 heteroatoms. The van der Waals surface area contributed by atoms with Crippen LogP contribution in [0.5, 0.6) is 0 Å². The fourth-order valence-corrected chi connectivity index (χ4v) is 2.79. The van der Waals surface area contributed by atoms with Gasteiger partial charge in [0.2, 0.25) is 0 Å². The monoisotopic (exact) mass is 422 g/mol. The summed E-state index contributed by atoms with van der Waals surface area (Å²) >= 11 is 0. The normalized spacial score (nSPS) is 10.1. The van der Waals surface area contributed by atoms with Gasteiger partial charge in [0.1, 0.15) is 0 Å². The number of carboxylic acids is 3. The van der Waals surface area contributed by atoms with Crippen molar-refractivity contribution in [1.82, 2.24) is 0 Å². The molecule has 0 aliphatic rings. The van der Waals surface area contributed by atoms with Crippen LogP contribution in [-0.2, 0) is 14.4 Å². The number of hydrogen-bond acceptors (Lipinski definition) is 4. The Balaban J connectivity index is -0.000000636. The van der Waals surface area contributed by atoms with Crippen molar-refractivity contribution in [3.63, 3.8) is 0 Å². The molecule has 0 aliphatic heterocycles. The van der Waals surface area contributed by atoms with Gasteiger partial charge in [0, 0.05) is 12.5 Å². The Hall–Kier alpha value is -0.850. The standard InChI is InChI=1S/C18H36O2.C4H4O4.Na/c1-2-3-4-5-6-7-8-9-10-11-12-13-14-15-16-17-18(19)20;5-3(6)1-2-4(7)8;/h2-17H2,1H3,(H,19,20);1-2H,(H,5,6)(H,7,8);/q;;+1/p-1/b;2-1+;. The van der Waals surface area contributed by atoms with Gasteiger partial charge in [-0.15, -0.1) is 0 Å². The van der Waals surface area contributed by atoms with Crippen LogP contribution < -0.4 is 34.7 Å². The first-order valence-electron chi connectivity index (χ1n) is 10.7. The fourth-order valence-electron chi connectivity index (χ4n) is 2.79. The van der Waals surface area contributed by atoms with E-state index in [1.165, 1.54) is 83.5 Å². The van der Waals surface area contributed by atoms with Gasteiger partial charge in [0.15, 0.2) is 0 Å². The van der Waals surface area contributed by atoms with E-state index in [-0.39, 0.29) is 29.6 Å². The summed E-state index contributed by atoms with van der Waals surface area (Å²) in [5.74, 6) is -3.46. The van der Waals surface area contributed by atoms with E-state index < -0.39 is 17.9 Å². The first kappa shape index (κ1) is 32.8. The summed E-state index contributed by atoms with van der Waals surface area (Å²) in [6.45, 7) is 2.27. The van der Waals surface area contributed by atoms with Gasteiger partial charge in [-0.1, -0.05) is 96.8 Å². The Morgan fingerprint density at radius 1 is 0.655 bits per heavy atom. The smallest absolute Gasteiger partial charge is 0.545 e. The molecule has 0 spiro atoms. The van der Waals surface area contributed by atoms with Crippen molar-refractivity contribution in [2.75, 3.05) is 0 Å². The van der Waals surface area contributed by atoms with Gasteiger partial charge in [-0.05, 0) is 12.5 Å². The maximum Gasteiger partial charge on any atom is 1.00 e. The second kappa shape index (κ2) is 27.1. The molecule has 0 saturated heterocycles. The van der Waals surface area contributed by atoms with Crippen molar-refractivity contribution in [1.29, 1.82) is 0 Å². The third kappa shape index (κ3) is 38.4. The van der Waals surface area contributed by atoms with E-state index >= 15 is 0 Å². The van der Waals surface area contributed by atoms with Crippen LogP contribution in [-0.4, -0.2) is 28.1 Å². The molecule has 0 radical (unpaired) electrons. The maximum atomic E-state index is 10.3. The molecule has 0 aromatic heterocycles. The minimum atomic E-state index is -1.51. The third-order valence-electron chi connectivity index (χ3n) is 4.36. The molecule has 6 nitrogen and oxygen atoms in total. The zero-order valence-corrected chi connectivity index (χ0v) is 20.5. The Kier molecular flexibility index (Phi) is 30.7. The predicted molar refractivity (Wildman–Crippen MR) is 109 cm³/mol. The molecular formula is C22H39NaO6. The van der Waals surface area contributed by atoms with E-state index in [0.29, 0.717) is 18.6 Å². The van der Waals surface area contributed by atoms with E-state index in [4.69, 9.17) is 10.2 Å². The van der Waals surface area contributed by atoms with E-state index in [1.807, 2.05) is 0 Å². The second-order valence-corrected chi connectivity index (χ2v) is 7.08. The minimum absolute atomic E-state index is 0. The summed E-state index contributed by atoms with van der Waals surface area (Å²) in [5.41, 5.74) is 0. The molecule has 0 heterocycles. The van der Waals surface area contributed by atoms with Gasteiger partial charge in [0.05, 0.1) is 5.97 Å². The number of hydrogen-bond donors (Lipinski definition) is 2. The van der Waals surface area contributed by atoms with Gasteiger partial charge < -0.3 is 20.1 Å². The quantitative estimate of drug-likeness (QED) is 0.197. The second-order valence-electron chi connectivity index (χ2n) is 7.08. The predicted octanol–water partition coefficient (Wildman–Crippen LogP) is 1.71. The Labute approximate surface area is 198 Å². The molecular weight excluding hydrogens is 383 g/mol. The number of carboxylic acid groups (broad SMARTS) is 3. The summed E-state index contributed by atoms with van der Waals surface area (Å²) in [7, 11) is 0.